The number of furan rings is 1. The number of amides is 1. The highest BCUT2D eigenvalue weighted by atomic mass is 35.5. The van der Waals surface area contributed by atoms with Crippen LogP contribution in [0.2, 0.25) is 0 Å². The Balaban J connectivity index is 1.95. The smallest absolute Gasteiger partial charge is 0.255 e. The Morgan fingerprint density at radius 2 is 2.39 bits per heavy atom. The summed E-state index contributed by atoms with van der Waals surface area (Å²) in [5, 5.41) is 3.10. The van der Waals surface area contributed by atoms with Crippen molar-refractivity contribution in [2.24, 2.45) is 5.92 Å². The number of carbonyl (C=O) groups is 1. The molecular formula is C14H20ClNO2. The third kappa shape index (κ3) is 3.08. The zero-order chi connectivity index (χ0) is 13.0. The quantitative estimate of drug-likeness (QED) is 0.852. The molecule has 1 aromatic heterocycles. The van der Waals surface area contributed by atoms with Gasteiger partial charge in [-0.1, -0.05) is 13.3 Å². The minimum absolute atomic E-state index is 0.0131. The molecule has 0 aliphatic heterocycles. The topological polar surface area (TPSA) is 42.2 Å². The molecule has 1 aliphatic carbocycles. The van der Waals surface area contributed by atoms with Gasteiger partial charge in [0.1, 0.15) is 5.76 Å². The molecule has 18 heavy (non-hydrogen) atoms. The van der Waals surface area contributed by atoms with Crippen LogP contribution in [0.3, 0.4) is 0 Å². The zero-order valence-corrected chi connectivity index (χ0v) is 11.5. The Morgan fingerprint density at radius 1 is 1.56 bits per heavy atom. The molecule has 0 aromatic carbocycles. The molecule has 2 rings (SSSR count). The fourth-order valence-electron chi connectivity index (χ4n) is 2.64. The maximum atomic E-state index is 12.1. The highest BCUT2D eigenvalue weighted by Gasteiger charge is 2.24. The van der Waals surface area contributed by atoms with Gasteiger partial charge in [-0.2, -0.15) is 0 Å². The summed E-state index contributed by atoms with van der Waals surface area (Å²) in [6.07, 6.45) is 6.70. The summed E-state index contributed by atoms with van der Waals surface area (Å²) in [5.41, 5.74) is 0.672. The van der Waals surface area contributed by atoms with E-state index in [9.17, 15) is 4.79 Å². The van der Waals surface area contributed by atoms with Crippen molar-refractivity contribution < 1.29 is 9.21 Å². The molecule has 2 atom stereocenters. The van der Waals surface area contributed by atoms with Crippen molar-refractivity contribution in [2.75, 3.05) is 5.88 Å². The number of hydrogen-bond acceptors (Lipinski definition) is 2. The molecule has 1 aliphatic rings. The fraction of sp³-hybridized carbons (Fsp3) is 0.643. The van der Waals surface area contributed by atoms with E-state index in [1.807, 2.05) is 6.92 Å². The predicted molar refractivity (Wildman–Crippen MR) is 72.0 cm³/mol. The van der Waals surface area contributed by atoms with Crippen LogP contribution in [0.1, 0.15) is 48.7 Å². The van der Waals surface area contributed by atoms with Crippen molar-refractivity contribution in [2.45, 2.75) is 45.1 Å². The number of halogens is 1. The van der Waals surface area contributed by atoms with Gasteiger partial charge in [-0.15, -0.1) is 11.6 Å². The SMILES string of the molecule is CCc1occc1C(=O)NC1CCCC(CCl)C1. The van der Waals surface area contributed by atoms with Crippen LogP contribution in [0.25, 0.3) is 0 Å². The molecule has 0 saturated heterocycles. The van der Waals surface area contributed by atoms with Gasteiger partial charge in [0.2, 0.25) is 0 Å². The van der Waals surface area contributed by atoms with E-state index in [4.69, 9.17) is 16.0 Å². The molecule has 1 aromatic rings. The molecule has 0 radical (unpaired) electrons. The number of hydrogen-bond donors (Lipinski definition) is 1. The van der Waals surface area contributed by atoms with Gasteiger partial charge in [-0.25, -0.2) is 0 Å². The largest absolute Gasteiger partial charge is 0.469 e. The van der Waals surface area contributed by atoms with Gasteiger partial charge in [-0.05, 0) is 31.2 Å². The van der Waals surface area contributed by atoms with Gasteiger partial charge in [-0.3, -0.25) is 4.79 Å². The second kappa shape index (κ2) is 6.28. The lowest BCUT2D eigenvalue weighted by Gasteiger charge is -2.28. The van der Waals surface area contributed by atoms with Gasteiger partial charge in [0.05, 0.1) is 11.8 Å². The van der Waals surface area contributed by atoms with E-state index >= 15 is 0 Å². The summed E-state index contributed by atoms with van der Waals surface area (Å²) >= 11 is 5.90. The van der Waals surface area contributed by atoms with Gasteiger partial charge in [0.15, 0.2) is 0 Å². The van der Waals surface area contributed by atoms with Gasteiger partial charge >= 0.3 is 0 Å². The maximum Gasteiger partial charge on any atom is 0.255 e. The average molecular weight is 270 g/mol. The molecule has 100 valence electrons. The molecule has 4 heteroatoms. The van der Waals surface area contributed by atoms with E-state index < -0.39 is 0 Å². The molecule has 1 fully saturated rings. The van der Waals surface area contributed by atoms with Crippen LogP contribution < -0.4 is 5.32 Å². The lowest BCUT2D eigenvalue weighted by Crippen LogP contribution is -2.38. The molecule has 1 N–H and O–H groups in total. The second-order valence-electron chi connectivity index (χ2n) is 4.97. The van der Waals surface area contributed by atoms with E-state index in [0.717, 1.165) is 31.4 Å². The van der Waals surface area contributed by atoms with E-state index in [0.29, 0.717) is 17.4 Å². The van der Waals surface area contributed by atoms with Gasteiger partial charge in [0, 0.05) is 18.3 Å². The Hall–Kier alpha value is -0.960. The monoisotopic (exact) mass is 269 g/mol. The van der Waals surface area contributed by atoms with E-state index in [2.05, 4.69) is 5.32 Å². The second-order valence-corrected chi connectivity index (χ2v) is 5.28. The van der Waals surface area contributed by atoms with Crippen LogP contribution in [0.5, 0.6) is 0 Å². The Bertz CT molecular complexity index is 402. The van der Waals surface area contributed by atoms with E-state index in [1.165, 1.54) is 6.42 Å². The Morgan fingerprint density at radius 3 is 3.11 bits per heavy atom. The first kappa shape index (κ1) is 13.5. The summed E-state index contributed by atoms with van der Waals surface area (Å²) in [7, 11) is 0. The maximum absolute atomic E-state index is 12.1. The van der Waals surface area contributed by atoms with Crippen LogP contribution in [-0.4, -0.2) is 17.8 Å². The highest BCUT2D eigenvalue weighted by Crippen LogP contribution is 2.25. The van der Waals surface area contributed by atoms with Crippen LogP contribution >= 0.6 is 11.6 Å². The first-order valence-electron chi connectivity index (χ1n) is 6.67. The number of aryl methyl sites for hydroxylation is 1. The highest BCUT2D eigenvalue weighted by molar-refractivity contribution is 6.18. The summed E-state index contributed by atoms with van der Waals surface area (Å²) < 4.78 is 5.28. The average Bonchev–Trinajstić information content (AvgIpc) is 2.87. The standard InChI is InChI=1S/C14H20ClNO2/c1-2-13-12(6-7-18-13)14(17)16-11-5-3-4-10(8-11)9-15/h6-7,10-11H,2-5,8-9H2,1H3,(H,16,17). The molecule has 1 saturated carbocycles. The number of alkyl halides is 1. The Kier molecular flexibility index (Phi) is 4.70. The van der Waals surface area contributed by atoms with Crippen LogP contribution in [0, 0.1) is 5.92 Å². The molecule has 1 heterocycles. The lowest BCUT2D eigenvalue weighted by molar-refractivity contribution is 0.0919. The third-order valence-electron chi connectivity index (χ3n) is 3.65. The minimum atomic E-state index is -0.0131. The summed E-state index contributed by atoms with van der Waals surface area (Å²) in [6.45, 7) is 1.99. The first-order chi connectivity index (χ1) is 8.74. The van der Waals surface area contributed by atoms with Gasteiger partial charge < -0.3 is 9.73 Å². The summed E-state index contributed by atoms with van der Waals surface area (Å²) in [4.78, 5) is 12.1. The number of carbonyl (C=O) groups excluding carboxylic acids is 1. The van der Waals surface area contributed by atoms with Crippen LogP contribution in [-0.2, 0) is 6.42 Å². The zero-order valence-electron chi connectivity index (χ0n) is 10.7. The first-order valence-corrected chi connectivity index (χ1v) is 7.21. The summed E-state index contributed by atoms with van der Waals surface area (Å²) in [5.74, 6) is 1.98. The number of rotatable bonds is 4. The van der Waals surface area contributed by atoms with Crippen molar-refractivity contribution in [1.29, 1.82) is 0 Å². The lowest BCUT2D eigenvalue weighted by atomic mass is 9.87. The van der Waals surface area contributed by atoms with E-state index in [1.54, 1.807) is 12.3 Å². The van der Waals surface area contributed by atoms with Crippen LogP contribution in [0.15, 0.2) is 16.7 Å². The number of nitrogens with one attached hydrogen (secondary N) is 1. The van der Waals surface area contributed by atoms with Crippen LogP contribution in [0.4, 0.5) is 0 Å². The molecule has 0 spiro atoms. The van der Waals surface area contributed by atoms with Crippen molar-refractivity contribution >= 4 is 17.5 Å². The van der Waals surface area contributed by atoms with Gasteiger partial charge in [0.25, 0.3) is 5.91 Å². The van der Waals surface area contributed by atoms with Crippen molar-refractivity contribution in [3.05, 3.63) is 23.7 Å². The molecule has 1 amide bonds. The van der Waals surface area contributed by atoms with Crippen molar-refractivity contribution in [3.63, 3.8) is 0 Å². The third-order valence-corrected chi connectivity index (χ3v) is 4.08. The fourth-order valence-corrected chi connectivity index (χ4v) is 2.92. The molecule has 3 nitrogen and oxygen atoms in total. The molecular weight excluding hydrogens is 250 g/mol. The molecule has 2 unspecified atom stereocenters. The minimum Gasteiger partial charge on any atom is -0.469 e. The van der Waals surface area contributed by atoms with E-state index in [-0.39, 0.29) is 11.9 Å². The molecule has 0 bridgehead atoms. The van der Waals surface area contributed by atoms with Crippen molar-refractivity contribution in [3.8, 4) is 0 Å². The van der Waals surface area contributed by atoms with Crippen molar-refractivity contribution in [1.82, 2.24) is 5.32 Å². The summed E-state index contributed by atoms with van der Waals surface area (Å²) in [6, 6.07) is 2.00. The Labute approximate surface area is 113 Å². The predicted octanol–water partition coefficient (Wildman–Crippen LogP) is 3.37. The normalized spacial score (nSPS) is 23.9.